The van der Waals surface area contributed by atoms with Crippen molar-refractivity contribution in [3.63, 3.8) is 0 Å². The number of halogens is 2. The molecular weight excluding hydrogens is 744 g/mol. The largest absolute Gasteiger partial charge is 0.466 e. The molecule has 2 aromatic heterocycles. The van der Waals surface area contributed by atoms with Gasteiger partial charge in [-0.25, -0.2) is 22.6 Å². The predicted molar refractivity (Wildman–Crippen MR) is 179 cm³/mol. The van der Waals surface area contributed by atoms with E-state index in [4.69, 9.17) is 53.5 Å². The van der Waals surface area contributed by atoms with Gasteiger partial charge in [-0.15, -0.1) is 0 Å². The van der Waals surface area contributed by atoms with Crippen LogP contribution in [0.15, 0.2) is 67.0 Å². The van der Waals surface area contributed by atoms with Crippen LogP contribution in [0.3, 0.4) is 0 Å². The second-order valence-electron chi connectivity index (χ2n) is 10.3. The normalized spacial score (nSPS) is 22.1. The van der Waals surface area contributed by atoms with Crippen molar-refractivity contribution in [2.24, 2.45) is 0 Å². The molecule has 2 aromatic carbocycles. The number of carbonyl (C=O) groups is 1. The zero-order valence-electron chi connectivity index (χ0n) is 26.6. The fourth-order valence-electron chi connectivity index (χ4n) is 4.46. The summed E-state index contributed by atoms with van der Waals surface area (Å²) in [5, 5.41) is 13.0. The summed E-state index contributed by atoms with van der Waals surface area (Å²) < 4.78 is 74.9. The molecule has 8 unspecified atom stereocenters. The molecule has 0 radical (unpaired) electrons. The van der Waals surface area contributed by atoms with Gasteiger partial charge in [0.25, 0.3) is 0 Å². The van der Waals surface area contributed by atoms with E-state index < -0.39 is 68.2 Å². The molecule has 1 aliphatic heterocycles. The third kappa shape index (κ3) is 9.68. The number of rotatable bonds is 17. The second-order valence-corrected chi connectivity index (χ2v) is 15.3. The Bertz CT molecular complexity index is 1770. The van der Waals surface area contributed by atoms with Gasteiger partial charge in [0.05, 0.1) is 12.9 Å². The summed E-state index contributed by atoms with van der Waals surface area (Å²) in [5.41, 5.74) is 6.87. The Balaban J connectivity index is 1.22. The molecule has 0 amide bonds. The number of nitrogens with two attached hydrogens (primary N) is 1. The maximum absolute atomic E-state index is 15.3. The highest BCUT2D eigenvalue weighted by Crippen LogP contribution is 2.63. The first kappa shape index (κ1) is 38.3. The molecule has 0 bridgehead atoms. The standard InChI is InChI=1S/C28H33ClFN6O11P3/c1-17(27(38)42-14-18-10-6-4-7-11-18)35-50(39,45-19-12-8-5-9-13-19)47-49(41-3)46-48(40-2)43-15-20-23(37)21(30)26(44-20)36-16-32-22-24(31)33-28(29)34-25(22)36/h4-13,16-17,20-21,23,26,37H,14-15H2,1-3H3,(H,35,39)(H2,31,33,34). The van der Waals surface area contributed by atoms with Crippen molar-refractivity contribution in [3.05, 3.63) is 77.8 Å². The number of nitrogen functional groups attached to an aromatic ring is 1. The number of hydrogen-bond acceptors (Lipinski definition) is 15. The lowest BCUT2D eigenvalue weighted by atomic mass is 10.1. The van der Waals surface area contributed by atoms with Crippen LogP contribution >= 0.6 is 36.6 Å². The fraction of sp³-hybridized carbons (Fsp3) is 0.357. The zero-order chi connectivity index (χ0) is 35.8. The van der Waals surface area contributed by atoms with Crippen LogP contribution in [0.25, 0.3) is 11.2 Å². The number of aliphatic hydroxyl groups excluding tert-OH is 1. The van der Waals surface area contributed by atoms with Crippen LogP contribution in [0.1, 0.15) is 18.7 Å². The highest BCUT2D eigenvalue weighted by atomic mass is 35.5. The SMILES string of the molecule is COP(OCC1OC(n2cnc3c(N)nc(Cl)nc32)C(F)C1O)OP(OC)OP(=O)(NC(C)C(=O)OCc1ccccc1)Oc1ccccc1. The Morgan fingerprint density at radius 1 is 1.14 bits per heavy atom. The minimum atomic E-state index is -4.43. The van der Waals surface area contributed by atoms with Gasteiger partial charge in [0, 0.05) is 14.2 Å². The predicted octanol–water partition coefficient (Wildman–Crippen LogP) is 5.36. The second kappa shape index (κ2) is 17.5. The molecule has 1 fully saturated rings. The van der Waals surface area contributed by atoms with Crippen molar-refractivity contribution in [2.45, 2.75) is 44.2 Å². The first-order chi connectivity index (χ1) is 24.0. The van der Waals surface area contributed by atoms with Crippen molar-refractivity contribution >= 4 is 59.5 Å². The molecule has 5 rings (SSSR count). The first-order valence-corrected chi connectivity index (χ1v) is 18.8. The van der Waals surface area contributed by atoms with E-state index in [1.807, 2.05) is 6.07 Å². The van der Waals surface area contributed by atoms with Gasteiger partial charge in [-0.1, -0.05) is 48.5 Å². The highest BCUT2D eigenvalue weighted by molar-refractivity contribution is 7.64. The van der Waals surface area contributed by atoms with Gasteiger partial charge in [0.1, 0.15) is 36.1 Å². The van der Waals surface area contributed by atoms with E-state index in [1.165, 1.54) is 44.2 Å². The van der Waals surface area contributed by atoms with Crippen LogP contribution in [0.5, 0.6) is 5.75 Å². The quantitative estimate of drug-likeness (QED) is 0.0700. The smallest absolute Gasteiger partial charge is 0.460 e. The third-order valence-electron chi connectivity index (χ3n) is 6.84. The molecule has 22 heteroatoms. The van der Waals surface area contributed by atoms with E-state index in [1.54, 1.807) is 42.5 Å². The number of nitrogens with one attached hydrogen (secondary N) is 1. The molecule has 4 aromatic rings. The Morgan fingerprint density at radius 3 is 2.50 bits per heavy atom. The van der Waals surface area contributed by atoms with E-state index >= 15 is 4.39 Å². The third-order valence-corrected chi connectivity index (χ3v) is 11.6. The monoisotopic (exact) mass is 776 g/mol. The number of aromatic nitrogens is 4. The van der Waals surface area contributed by atoms with Crippen LogP contribution in [-0.2, 0) is 47.6 Å². The van der Waals surface area contributed by atoms with Crippen molar-refractivity contribution in [1.82, 2.24) is 24.6 Å². The number of nitrogens with zero attached hydrogens (tertiary/aromatic N) is 4. The van der Waals surface area contributed by atoms with E-state index in [0.717, 1.165) is 5.56 Å². The lowest BCUT2D eigenvalue weighted by Crippen LogP contribution is -2.34. The minimum absolute atomic E-state index is 0.0146. The lowest BCUT2D eigenvalue weighted by Gasteiger charge is -2.26. The lowest BCUT2D eigenvalue weighted by molar-refractivity contribution is -0.146. The van der Waals surface area contributed by atoms with Gasteiger partial charge in [0.15, 0.2) is 23.9 Å². The molecule has 0 aliphatic carbocycles. The average Bonchev–Trinajstić information content (AvgIpc) is 3.65. The maximum Gasteiger partial charge on any atom is 0.466 e. The van der Waals surface area contributed by atoms with Gasteiger partial charge >= 0.3 is 30.9 Å². The molecule has 4 N–H and O–H groups in total. The van der Waals surface area contributed by atoms with Crippen LogP contribution in [-0.4, -0.2) is 75.8 Å². The number of ether oxygens (including phenoxy) is 2. The summed E-state index contributed by atoms with van der Waals surface area (Å²) in [4.78, 5) is 24.7. The molecule has 1 saturated heterocycles. The summed E-state index contributed by atoms with van der Waals surface area (Å²) in [6, 6.07) is 15.9. The highest BCUT2D eigenvalue weighted by Gasteiger charge is 2.47. The van der Waals surface area contributed by atoms with E-state index in [0.29, 0.717) is 0 Å². The number of imidazole rings is 1. The molecule has 270 valence electrons. The van der Waals surface area contributed by atoms with Crippen molar-refractivity contribution in [3.8, 4) is 5.75 Å². The minimum Gasteiger partial charge on any atom is -0.460 e. The summed E-state index contributed by atoms with van der Waals surface area (Å²) in [7, 11) is -6.85. The van der Waals surface area contributed by atoms with Crippen molar-refractivity contribution < 1.29 is 55.0 Å². The van der Waals surface area contributed by atoms with Gasteiger partial charge in [0.2, 0.25) is 5.28 Å². The number of carbonyl (C=O) groups excluding carboxylic acids is 1. The van der Waals surface area contributed by atoms with Crippen molar-refractivity contribution in [2.75, 3.05) is 26.6 Å². The Morgan fingerprint density at radius 2 is 1.82 bits per heavy atom. The van der Waals surface area contributed by atoms with Gasteiger partial charge in [-0.3, -0.25) is 9.36 Å². The van der Waals surface area contributed by atoms with Crippen molar-refractivity contribution in [1.29, 1.82) is 0 Å². The van der Waals surface area contributed by atoms with Crippen LogP contribution < -0.4 is 15.3 Å². The molecule has 0 saturated carbocycles. The summed E-state index contributed by atoms with van der Waals surface area (Å²) >= 11 is 5.92. The number of anilines is 1. The van der Waals surface area contributed by atoms with E-state index in [2.05, 4.69) is 20.0 Å². The molecular formula is C28H33ClFN6O11P3. The Hall–Kier alpha value is -2.95. The summed E-state index contributed by atoms with van der Waals surface area (Å²) in [5.74, 6) is -0.602. The van der Waals surface area contributed by atoms with Gasteiger partial charge < -0.3 is 38.4 Å². The zero-order valence-corrected chi connectivity index (χ0v) is 30.1. The molecule has 1 aliphatic rings. The number of benzene rings is 2. The summed E-state index contributed by atoms with van der Waals surface area (Å²) in [6.45, 7) is 0.981. The van der Waals surface area contributed by atoms with Gasteiger partial charge in [-0.2, -0.15) is 15.1 Å². The molecule has 50 heavy (non-hydrogen) atoms. The van der Waals surface area contributed by atoms with Crippen LogP contribution in [0, 0.1) is 0 Å². The fourth-order valence-corrected chi connectivity index (χ4v) is 8.87. The number of alkyl halides is 1. The number of aliphatic hydroxyl groups is 1. The summed E-state index contributed by atoms with van der Waals surface area (Å²) in [6.07, 6.45) is -4.92. The van der Waals surface area contributed by atoms with E-state index in [-0.39, 0.29) is 34.6 Å². The average molecular weight is 777 g/mol. The molecule has 8 atom stereocenters. The molecule has 17 nitrogen and oxygen atoms in total. The number of esters is 1. The van der Waals surface area contributed by atoms with Crippen LogP contribution in [0.2, 0.25) is 5.28 Å². The topological polar surface area (TPSA) is 210 Å². The Kier molecular flexibility index (Phi) is 13.4. The maximum atomic E-state index is 15.3. The first-order valence-electron chi connectivity index (χ1n) is 14.7. The molecule has 3 heterocycles. The van der Waals surface area contributed by atoms with Crippen LogP contribution in [0.4, 0.5) is 10.2 Å². The Labute approximate surface area is 293 Å². The number of hydrogen-bond donors (Lipinski definition) is 3. The van der Waals surface area contributed by atoms with Gasteiger partial charge in [-0.05, 0) is 36.2 Å². The number of fused-ring (bicyclic) bond motifs is 1. The van der Waals surface area contributed by atoms with E-state index in [9.17, 15) is 14.5 Å². The molecule has 0 spiro atoms. The number of para-hydroxylation sites is 1.